The van der Waals surface area contributed by atoms with Gasteiger partial charge in [0.1, 0.15) is 18.1 Å². The van der Waals surface area contributed by atoms with Crippen LogP contribution in [0.4, 0.5) is 0 Å². The largest absolute Gasteiger partial charge is 0.508 e. The summed E-state index contributed by atoms with van der Waals surface area (Å²) in [5, 5.41) is 21.3. The Bertz CT molecular complexity index is 672. The van der Waals surface area contributed by atoms with Crippen LogP contribution in [0.3, 0.4) is 0 Å². The molecular formula is C22H42N8O3. The second-order valence-corrected chi connectivity index (χ2v) is 8.05. The van der Waals surface area contributed by atoms with E-state index in [1.807, 2.05) is 0 Å². The van der Waals surface area contributed by atoms with Gasteiger partial charge in [0.05, 0.1) is 6.04 Å². The summed E-state index contributed by atoms with van der Waals surface area (Å²) in [5.74, 6) is -0.536. The van der Waals surface area contributed by atoms with E-state index >= 15 is 0 Å². The molecule has 0 aliphatic heterocycles. The summed E-state index contributed by atoms with van der Waals surface area (Å²) in [6.45, 7) is 3.40. The normalized spacial score (nSPS) is 13.0. The predicted octanol–water partition coefficient (Wildman–Crippen LogP) is -1.85. The molecule has 0 bridgehead atoms. The molecule has 11 heteroatoms. The van der Waals surface area contributed by atoms with E-state index in [-0.39, 0.29) is 18.1 Å². The van der Waals surface area contributed by atoms with Crippen LogP contribution in [-0.4, -0.2) is 68.0 Å². The first kappa shape index (κ1) is 28.8. The molecule has 1 aromatic carbocycles. The van der Waals surface area contributed by atoms with Gasteiger partial charge in [-0.15, -0.1) is 0 Å². The van der Waals surface area contributed by atoms with Gasteiger partial charge >= 0.3 is 0 Å². The number of phenols is 1. The van der Waals surface area contributed by atoms with Crippen molar-refractivity contribution in [2.45, 2.75) is 56.9 Å². The Morgan fingerprint density at radius 1 is 0.879 bits per heavy atom. The lowest BCUT2D eigenvalue weighted by Gasteiger charge is -2.21. The number of nitrogens with two attached hydrogens (primary N) is 4. The van der Waals surface area contributed by atoms with E-state index in [0.29, 0.717) is 32.5 Å². The van der Waals surface area contributed by atoms with Gasteiger partial charge in [-0.25, -0.2) is 0 Å². The van der Waals surface area contributed by atoms with E-state index < -0.39 is 24.3 Å². The van der Waals surface area contributed by atoms with E-state index in [2.05, 4.69) is 21.3 Å². The SMILES string of the molecule is NCCCCNCCCNC(=O)C(Cc1ccc(O)cc1)NC(=O)C(N)CCCNC(N)N. The molecule has 0 fully saturated rings. The molecule has 0 radical (unpaired) electrons. The highest BCUT2D eigenvalue weighted by molar-refractivity contribution is 5.89. The van der Waals surface area contributed by atoms with Gasteiger partial charge in [-0.1, -0.05) is 12.1 Å². The van der Waals surface area contributed by atoms with Gasteiger partial charge in [-0.05, 0) is 76.0 Å². The Morgan fingerprint density at radius 2 is 1.58 bits per heavy atom. The maximum absolute atomic E-state index is 12.8. The predicted molar refractivity (Wildman–Crippen MR) is 130 cm³/mol. The van der Waals surface area contributed by atoms with Crippen molar-refractivity contribution in [1.29, 1.82) is 0 Å². The number of carbonyl (C=O) groups is 2. The number of phenolic OH excluding ortho intramolecular Hbond substituents is 1. The standard InChI is InChI=1S/C22H42N8O3/c23-10-1-2-11-27-12-4-14-28-21(33)19(15-16-6-8-17(31)9-7-16)30-20(32)18(24)5-3-13-29-22(25)26/h6-9,18-19,22,27,29,31H,1-5,10-15,23-26H2,(H,28,33)(H,30,32). The van der Waals surface area contributed by atoms with Crippen molar-refractivity contribution in [3.63, 3.8) is 0 Å². The summed E-state index contributed by atoms with van der Waals surface area (Å²) >= 11 is 0. The van der Waals surface area contributed by atoms with Crippen molar-refractivity contribution < 1.29 is 14.7 Å². The Hall–Kier alpha value is -2.28. The zero-order chi connectivity index (χ0) is 24.5. The minimum absolute atomic E-state index is 0.135. The van der Waals surface area contributed by atoms with Crippen LogP contribution in [0.25, 0.3) is 0 Å². The molecule has 2 atom stereocenters. The third-order valence-corrected chi connectivity index (χ3v) is 5.06. The molecule has 33 heavy (non-hydrogen) atoms. The minimum Gasteiger partial charge on any atom is -0.508 e. The van der Waals surface area contributed by atoms with Crippen LogP contribution in [0.5, 0.6) is 5.75 Å². The summed E-state index contributed by atoms with van der Waals surface area (Å²) in [5.41, 5.74) is 23.1. The summed E-state index contributed by atoms with van der Waals surface area (Å²) in [4.78, 5) is 25.4. The van der Waals surface area contributed by atoms with E-state index in [1.54, 1.807) is 24.3 Å². The first-order valence-corrected chi connectivity index (χ1v) is 11.6. The molecule has 1 aromatic rings. The molecular weight excluding hydrogens is 424 g/mol. The Morgan fingerprint density at radius 3 is 2.24 bits per heavy atom. The van der Waals surface area contributed by atoms with Crippen LogP contribution in [0.2, 0.25) is 0 Å². The van der Waals surface area contributed by atoms with E-state index in [0.717, 1.165) is 37.9 Å². The molecule has 2 unspecified atom stereocenters. The van der Waals surface area contributed by atoms with Gasteiger partial charge in [0, 0.05) is 13.0 Å². The number of rotatable bonds is 18. The molecule has 2 amide bonds. The van der Waals surface area contributed by atoms with Gasteiger partial charge < -0.3 is 44.0 Å². The second-order valence-electron chi connectivity index (χ2n) is 8.05. The van der Waals surface area contributed by atoms with Gasteiger partial charge in [0.15, 0.2) is 0 Å². The van der Waals surface area contributed by atoms with Gasteiger partial charge in [-0.3, -0.25) is 14.9 Å². The molecule has 0 aromatic heterocycles. The van der Waals surface area contributed by atoms with Gasteiger partial charge in [-0.2, -0.15) is 0 Å². The topological polar surface area (TPSA) is 207 Å². The molecule has 0 aliphatic rings. The third kappa shape index (κ3) is 13.8. The van der Waals surface area contributed by atoms with Gasteiger partial charge in [0.2, 0.25) is 11.8 Å². The molecule has 1 rings (SSSR count). The monoisotopic (exact) mass is 466 g/mol. The second kappa shape index (κ2) is 17.2. The highest BCUT2D eigenvalue weighted by Crippen LogP contribution is 2.11. The lowest BCUT2D eigenvalue weighted by molar-refractivity contribution is -0.129. The fraction of sp³-hybridized carbons (Fsp3) is 0.636. The molecule has 0 saturated heterocycles. The number of unbranched alkanes of at least 4 members (excludes halogenated alkanes) is 1. The molecule has 0 aliphatic carbocycles. The van der Waals surface area contributed by atoms with Crippen molar-refractivity contribution in [1.82, 2.24) is 21.3 Å². The number of aromatic hydroxyl groups is 1. The van der Waals surface area contributed by atoms with Crippen molar-refractivity contribution in [3.8, 4) is 5.75 Å². The number of benzene rings is 1. The number of hydrogen-bond acceptors (Lipinski definition) is 9. The zero-order valence-corrected chi connectivity index (χ0v) is 19.4. The lowest BCUT2D eigenvalue weighted by Crippen LogP contribution is -2.53. The van der Waals surface area contributed by atoms with E-state index in [9.17, 15) is 14.7 Å². The highest BCUT2D eigenvalue weighted by atomic mass is 16.3. The molecule has 13 N–H and O–H groups in total. The molecule has 11 nitrogen and oxygen atoms in total. The van der Waals surface area contributed by atoms with Crippen LogP contribution in [0.15, 0.2) is 24.3 Å². The maximum Gasteiger partial charge on any atom is 0.242 e. The number of hydrogen-bond donors (Lipinski definition) is 9. The fourth-order valence-corrected chi connectivity index (χ4v) is 3.15. The van der Waals surface area contributed by atoms with Crippen molar-refractivity contribution >= 4 is 11.8 Å². The van der Waals surface area contributed by atoms with E-state index in [4.69, 9.17) is 22.9 Å². The van der Waals surface area contributed by atoms with Crippen LogP contribution in [-0.2, 0) is 16.0 Å². The third-order valence-electron chi connectivity index (χ3n) is 5.06. The van der Waals surface area contributed by atoms with Crippen LogP contribution < -0.4 is 44.2 Å². The Labute approximate surface area is 196 Å². The first-order chi connectivity index (χ1) is 15.8. The highest BCUT2D eigenvalue weighted by Gasteiger charge is 2.24. The summed E-state index contributed by atoms with van der Waals surface area (Å²) in [6, 6.07) is 4.99. The van der Waals surface area contributed by atoms with Crippen molar-refractivity contribution in [3.05, 3.63) is 29.8 Å². The Kier molecular flexibility index (Phi) is 15.0. The molecule has 0 spiro atoms. The number of carbonyl (C=O) groups excluding carboxylic acids is 2. The summed E-state index contributed by atoms with van der Waals surface area (Å²) < 4.78 is 0. The maximum atomic E-state index is 12.8. The zero-order valence-electron chi connectivity index (χ0n) is 19.4. The average Bonchev–Trinajstić information content (AvgIpc) is 2.78. The van der Waals surface area contributed by atoms with Crippen LogP contribution >= 0.6 is 0 Å². The van der Waals surface area contributed by atoms with E-state index in [1.165, 1.54) is 0 Å². The summed E-state index contributed by atoms with van der Waals surface area (Å²) in [7, 11) is 0. The van der Waals surface area contributed by atoms with Crippen molar-refractivity contribution in [2.75, 3.05) is 32.7 Å². The molecule has 188 valence electrons. The van der Waals surface area contributed by atoms with Crippen LogP contribution in [0.1, 0.15) is 37.7 Å². The van der Waals surface area contributed by atoms with Crippen LogP contribution in [0, 0.1) is 0 Å². The molecule has 0 heterocycles. The lowest BCUT2D eigenvalue weighted by atomic mass is 10.0. The van der Waals surface area contributed by atoms with Crippen molar-refractivity contribution in [2.24, 2.45) is 22.9 Å². The average molecular weight is 467 g/mol. The number of nitrogens with one attached hydrogen (secondary N) is 4. The fourth-order valence-electron chi connectivity index (χ4n) is 3.15. The molecule has 0 saturated carbocycles. The first-order valence-electron chi connectivity index (χ1n) is 11.6. The quantitative estimate of drug-likeness (QED) is 0.0877. The smallest absolute Gasteiger partial charge is 0.242 e. The minimum atomic E-state index is -0.777. The number of amides is 2. The van der Waals surface area contributed by atoms with Gasteiger partial charge in [0.25, 0.3) is 0 Å². The Balaban J connectivity index is 2.55. The summed E-state index contributed by atoms with van der Waals surface area (Å²) in [6.07, 6.45) is 3.49.